The number of benzene rings is 1. The Morgan fingerprint density at radius 1 is 1.53 bits per heavy atom. The molecule has 15 heavy (non-hydrogen) atoms. The number of rotatable bonds is 2. The highest BCUT2D eigenvalue weighted by Crippen LogP contribution is 2.26. The van der Waals surface area contributed by atoms with Gasteiger partial charge in [0.15, 0.2) is 0 Å². The SMILES string of the molecule is Cc1cc(C#N)c(CBr)c(S(=O)(=O)Cl)c1. The lowest BCUT2D eigenvalue weighted by molar-refractivity contribution is 0.609. The molecular weight excluding hydrogens is 302 g/mol. The standard InChI is InChI=1S/C9H7BrClNO2S/c1-6-2-7(5-12)8(4-10)9(3-6)15(11,13)14/h2-3H,4H2,1H3. The fourth-order valence-electron chi connectivity index (χ4n) is 1.24. The van der Waals surface area contributed by atoms with Gasteiger partial charge in [-0.25, -0.2) is 8.42 Å². The van der Waals surface area contributed by atoms with E-state index in [0.717, 1.165) is 0 Å². The maximum atomic E-state index is 11.3. The van der Waals surface area contributed by atoms with Crippen LogP contribution in [0.3, 0.4) is 0 Å². The quantitative estimate of drug-likeness (QED) is 0.623. The Balaban J connectivity index is 3.66. The zero-order valence-corrected chi connectivity index (χ0v) is 10.9. The largest absolute Gasteiger partial charge is 0.261 e. The molecule has 6 heteroatoms. The average Bonchev–Trinajstić information content (AvgIpc) is 2.15. The molecule has 80 valence electrons. The number of nitrogens with zero attached hydrogens (tertiary/aromatic N) is 1. The highest BCUT2D eigenvalue weighted by molar-refractivity contribution is 9.08. The van der Waals surface area contributed by atoms with Gasteiger partial charge in [-0.15, -0.1) is 0 Å². The van der Waals surface area contributed by atoms with Crippen molar-refractivity contribution in [2.45, 2.75) is 17.1 Å². The summed E-state index contributed by atoms with van der Waals surface area (Å²) in [6.45, 7) is 1.71. The molecule has 0 heterocycles. The van der Waals surface area contributed by atoms with Crippen LogP contribution >= 0.6 is 26.6 Å². The number of alkyl halides is 1. The van der Waals surface area contributed by atoms with Gasteiger partial charge in [0.05, 0.1) is 16.5 Å². The van der Waals surface area contributed by atoms with Crippen molar-refractivity contribution in [3.05, 3.63) is 28.8 Å². The predicted octanol–water partition coefficient (Wildman–Crippen LogP) is 2.69. The average molecular weight is 309 g/mol. The summed E-state index contributed by atoms with van der Waals surface area (Å²) in [7, 11) is 1.48. The molecule has 0 spiro atoms. The van der Waals surface area contributed by atoms with E-state index in [1.807, 2.05) is 6.07 Å². The van der Waals surface area contributed by atoms with Crippen molar-refractivity contribution in [3.63, 3.8) is 0 Å². The summed E-state index contributed by atoms with van der Waals surface area (Å²) >= 11 is 3.14. The van der Waals surface area contributed by atoms with Crippen LogP contribution in [0.5, 0.6) is 0 Å². The summed E-state index contributed by atoms with van der Waals surface area (Å²) in [4.78, 5) is -0.00223. The Morgan fingerprint density at radius 2 is 2.13 bits per heavy atom. The molecule has 0 bridgehead atoms. The molecule has 0 radical (unpaired) electrons. The van der Waals surface area contributed by atoms with E-state index < -0.39 is 9.05 Å². The van der Waals surface area contributed by atoms with Crippen LogP contribution in [-0.4, -0.2) is 8.42 Å². The van der Waals surface area contributed by atoms with Gasteiger partial charge in [0.1, 0.15) is 0 Å². The van der Waals surface area contributed by atoms with E-state index in [-0.39, 0.29) is 10.2 Å². The summed E-state index contributed by atoms with van der Waals surface area (Å²) < 4.78 is 22.5. The van der Waals surface area contributed by atoms with E-state index in [1.165, 1.54) is 6.07 Å². The van der Waals surface area contributed by atoms with Crippen molar-refractivity contribution < 1.29 is 8.42 Å². The van der Waals surface area contributed by atoms with Crippen molar-refractivity contribution in [1.82, 2.24) is 0 Å². The van der Waals surface area contributed by atoms with Crippen LogP contribution in [0.15, 0.2) is 17.0 Å². The Labute approximate surface area is 101 Å². The van der Waals surface area contributed by atoms with Crippen molar-refractivity contribution in [2.75, 3.05) is 0 Å². The van der Waals surface area contributed by atoms with Crippen LogP contribution in [0.25, 0.3) is 0 Å². The number of nitriles is 1. The summed E-state index contributed by atoms with van der Waals surface area (Å²) in [5, 5.41) is 9.13. The van der Waals surface area contributed by atoms with E-state index in [0.29, 0.717) is 16.7 Å². The molecule has 0 atom stereocenters. The Bertz CT molecular complexity index is 534. The lowest BCUT2D eigenvalue weighted by Gasteiger charge is -2.07. The first kappa shape index (κ1) is 12.5. The highest BCUT2D eigenvalue weighted by atomic mass is 79.9. The highest BCUT2D eigenvalue weighted by Gasteiger charge is 2.18. The second kappa shape index (κ2) is 4.52. The molecule has 1 aromatic carbocycles. The third-order valence-electron chi connectivity index (χ3n) is 1.87. The van der Waals surface area contributed by atoms with Crippen LogP contribution in [-0.2, 0) is 14.4 Å². The summed E-state index contributed by atoms with van der Waals surface area (Å²) in [5.74, 6) is 0. The molecule has 0 fully saturated rings. The van der Waals surface area contributed by atoms with Crippen LogP contribution in [0.2, 0.25) is 0 Å². The normalized spacial score (nSPS) is 11.1. The topological polar surface area (TPSA) is 57.9 Å². The van der Waals surface area contributed by atoms with Gasteiger partial charge in [-0.3, -0.25) is 0 Å². The van der Waals surface area contributed by atoms with Gasteiger partial charge in [0, 0.05) is 21.6 Å². The molecule has 1 aromatic rings. The van der Waals surface area contributed by atoms with E-state index in [9.17, 15) is 8.42 Å². The van der Waals surface area contributed by atoms with Gasteiger partial charge in [-0.05, 0) is 24.6 Å². The van der Waals surface area contributed by atoms with Gasteiger partial charge in [-0.2, -0.15) is 5.26 Å². The first-order valence-corrected chi connectivity index (χ1v) is 7.37. The van der Waals surface area contributed by atoms with E-state index >= 15 is 0 Å². The minimum atomic E-state index is -3.81. The van der Waals surface area contributed by atoms with Crippen molar-refractivity contribution in [1.29, 1.82) is 5.26 Å². The smallest absolute Gasteiger partial charge is 0.207 e. The third kappa shape index (κ3) is 2.71. The molecule has 1 rings (SSSR count). The fourth-order valence-corrected chi connectivity index (χ4v) is 3.24. The molecule has 0 unspecified atom stereocenters. The zero-order valence-electron chi connectivity index (χ0n) is 7.79. The number of hydrogen-bond acceptors (Lipinski definition) is 3. The van der Waals surface area contributed by atoms with Gasteiger partial charge < -0.3 is 0 Å². The molecule has 0 saturated carbocycles. The molecular formula is C9H7BrClNO2S. The maximum absolute atomic E-state index is 11.3. The maximum Gasteiger partial charge on any atom is 0.261 e. The van der Waals surface area contributed by atoms with Gasteiger partial charge in [0.25, 0.3) is 9.05 Å². The minimum Gasteiger partial charge on any atom is -0.207 e. The summed E-state index contributed by atoms with van der Waals surface area (Å²) in [6.07, 6.45) is 0. The number of halogens is 2. The molecule has 0 aromatic heterocycles. The second-order valence-electron chi connectivity index (χ2n) is 2.97. The molecule has 3 nitrogen and oxygen atoms in total. The van der Waals surface area contributed by atoms with E-state index in [2.05, 4.69) is 15.9 Å². The lowest BCUT2D eigenvalue weighted by atomic mass is 10.1. The van der Waals surface area contributed by atoms with Crippen LogP contribution in [0.4, 0.5) is 0 Å². The minimum absolute atomic E-state index is 0.00223. The van der Waals surface area contributed by atoms with E-state index in [1.54, 1.807) is 13.0 Å². The van der Waals surface area contributed by atoms with Crippen molar-refractivity contribution >= 4 is 35.7 Å². The molecule has 0 aliphatic heterocycles. The van der Waals surface area contributed by atoms with Crippen molar-refractivity contribution in [3.8, 4) is 6.07 Å². The molecule has 0 N–H and O–H groups in total. The van der Waals surface area contributed by atoms with Crippen LogP contribution in [0, 0.1) is 18.3 Å². The fraction of sp³-hybridized carbons (Fsp3) is 0.222. The van der Waals surface area contributed by atoms with Crippen LogP contribution < -0.4 is 0 Å². The van der Waals surface area contributed by atoms with E-state index in [4.69, 9.17) is 15.9 Å². The molecule has 0 amide bonds. The predicted molar refractivity (Wildman–Crippen MR) is 61.6 cm³/mol. The van der Waals surface area contributed by atoms with Gasteiger partial charge >= 0.3 is 0 Å². The third-order valence-corrected chi connectivity index (χ3v) is 3.82. The molecule has 0 aliphatic rings. The number of aryl methyl sites for hydroxylation is 1. The molecule has 0 saturated heterocycles. The summed E-state index contributed by atoms with van der Waals surface area (Å²) in [5.41, 5.74) is 1.42. The zero-order chi connectivity index (χ0) is 11.6. The van der Waals surface area contributed by atoms with Crippen LogP contribution in [0.1, 0.15) is 16.7 Å². The monoisotopic (exact) mass is 307 g/mol. The Kier molecular flexibility index (Phi) is 3.77. The number of hydrogen-bond donors (Lipinski definition) is 0. The van der Waals surface area contributed by atoms with Gasteiger partial charge in [-0.1, -0.05) is 15.9 Å². The molecule has 0 aliphatic carbocycles. The Hall–Kier alpha value is -0.570. The lowest BCUT2D eigenvalue weighted by Crippen LogP contribution is -2.00. The second-order valence-corrected chi connectivity index (χ2v) is 6.07. The Morgan fingerprint density at radius 3 is 2.53 bits per heavy atom. The summed E-state index contributed by atoms with van der Waals surface area (Å²) in [6, 6.07) is 5.03. The van der Waals surface area contributed by atoms with Crippen molar-refractivity contribution in [2.24, 2.45) is 0 Å². The van der Waals surface area contributed by atoms with Gasteiger partial charge in [0.2, 0.25) is 0 Å². The first-order valence-electron chi connectivity index (χ1n) is 3.94. The first-order chi connectivity index (χ1) is 6.90.